The maximum absolute atomic E-state index is 5.76. The summed E-state index contributed by atoms with van der Waals surface area (Å²) in [5.41, 5.74) is 3.83. The van der Waals surface area contributed by atoms with Crippen LogP contribution in [0.25, 0.3) is 17.0 Å². The number of ether oxygens (including phenoxy) is 2. The van der Waals surface area contributed by atoms with Crippen LogP contribution in [0.3, 0.4) is 0 Å². The fourth-order valence-electron chi connectivity index (χ4n) is 3.78. The van der Waals surface area contributed by atoms with E-state index in [1.807, 2.05) is 49.4 Å². The molecule has 0 aliphatic carbocycles. The average Bonchev–Trinajstić information content (AvgIpc) is 3.31. The zero-order valence-corrected chi connectivity index (χ0v) is 19.2. The second-order valence-electron chi connectivity index (χ2n) is 7.44. The summed E-state index contributed by atoms with van der Waals surface area (Å²) in [7, 11) is 3.34. The van der Waals surface area contributed by atoms with E-state index in [-0.39, 0.29) is 6.04 Å². The Kier molecular flexibility index (Phi) is 6.82. The van der Waals surface area contributed by atoms with Gasteiger partial charge in [0.1, 0.15) is 5.75 Å². The Hall–Kier alpha value is -3.23. The minimum atomic E-state index is -0.188. The van der Waals surface area contributed by atoms with Crippen LogP contribution in [0.5, 0.6) is 5.75 Å². The Morgan fingerprint density at radius 2 is 1.84 bits per heavy atom. The quantitative estimate of drug-likeness (QED) is 0.399. The van der Waals surface area contributed by atoms with E-state index in [0.717, 1.165) is 41.1 Å². The average molecular weight is 451 g/mol. The summed E-state index contributed by atoms with van der Waals surface area (Å²) in [6.45, 7) is 3.43. The molecule has 0 saturated heterocycles. The highest BCUT2D eigenvalue weighted by molar-refractivity contribution is 7.80. The van der Waals surface area contributed by atoms with Gasteiger partial charge in [0.15, 0.2) is 5.11 Å². The van der Waals surface area contributed by atoms with E-state index in [1.54, 1.807) is 14.2 Å². The molecule has 4 rings (SSSR count). The third kappa shape index (κ3) is 4.51. The van der Waals surface area contributed by atoms with Crippen LogP contribution in [-0.4, -0.2) is 47.5 Å². The Morgan fingerprint density at radius 3 is 2.53 bits per heavy atom. The van der Waals surface area contributed by atoms with Gasteiger partial charge in [-0.1, -0.05) is 35.5 Å². The van der Waals surface area contributed by atoms with Gasteiger partial charge in [-0.05, 0) is 55.4 Å². The highest BCUT2D eigenvalue weighted by Crippen LogP contribution is 2.37. The molecule has 1 atom stereocenters. The third-order valence-corrected chi connectivity index (χ3v) is 5.80. The molecular formula is C24H26N4O3S. The van der Waals surface area contributed by atoms with Gasteiger partial charge in [-0.15, -0.1) is 0 Å². The van der Waals surface area contributed by atoms with Crippen LogP contribution in [-0.2, 0) is 4.74 Å². The molecule has 8 heteroatoms. The predicted octanol–water partition coefficient (Wildman–Crippen LogP) is 4.44. The standard InChI is InChI=1S/C24H26N4O3S/c1-16-20(23-26-22(27-31-23)18-10-12-19(30-3)13-11-18)21(17-8-5-4-6-9-17)25-24(32)28(16)14-7-15-29-2/h4-6,8-13,21H,7,14-15H2,1-3H3,(H,25,32). The van der Waals surface area contributed by atoms with Crippen molar-refractivity contribution in [2.75, 3.05) is 27.4 Å². The molecule has 2 aromatic carbocycles. The number of rotatable bonds is 8. The van der Waals surface area contributed by atoms with Crippen molar-refractivity contribution >= 4 is 22.9 Å². The van der Waals surface area contributed by atoms with Gasteiger partial charge in [0, 0.05) is 31.5 Å². The summed E-state index contributed by atoms with van der Waals surface area (Å²) in [6, 6.07) is 17.5. The zero-order chi connectivity index (χ0) is 22.5. The van der Waals surface area contributed by atoms with Gasteiger partial charge in [0.2, 0.25) is 5.82 Å². The summed E-state index contributed by atoms with van der Waals surface area (Å²) in [6.07, 6.45) is 0.847. The monoisotopic (exact) mass is 450 g/mol. The zero-order valence-electron chi connectivity index (χ0n) is 18.4. The summed E-state index contributed by atoms with van der Waals surface area (Å²) in [4.78, 5) is 6.80. The molecule has 1 aliphatic rings. The van der Waals surface area contributed by atoms with E-state index in [4.69, 9.17) is 31.2 Å². The maximum Gasteiger partial charge on any atom is 0.258 e. The first kappa shape index (κ1) is 22.0. The van der Waals surface area contributed by atoms with Crippen molar-refractivity contribution in [1.82, 2.24) is 20.4 Å². The summed E-state index contributed by atoms with van der Waals surface area (Å²) >= 11 is 5.70. The van der Waals surface area contributed by atoms with Crippen LogP contribution < -0.4 is 10.1 Å². The maximum atomic E-state index is 5.76. The smallest absolute Gasteiger partial charge is 0.258 e. The molecule has 3 aromatic rings. The van der Waals surface area contributed by atoms with Gasteiger partial charge in [0.05, 0.1) is 18.7 Å². The molecule has 166 valence electrons. The molecule has 0 saturated carbocycles. The molecule has 32 heavy (non-hydrogen) atoms. The van der Waals surface area contributed by atoms with Crippen molar-refractivity contribution in [3.8, 4) is 17.1 Å². The Morgan fingerprint density at radius 1 is 1.09 bits per heavy atom. The first-order valence-corrected chi connectivity index (χ1v) is 10.8. The van der Waals surface area contributed by atoms with Crippen LogP contribution in [0, 0.1) is 0 Å². The number of thiocarbonyl (C=S) groups is 1. The molecule has 0 fully saturated rings. The van der Waals surface area contributed by atoms with Crippen LogP contribution in [0.15, 0.2) is 64.8 Å². The summed E-state index contributed by atoms with van der Waals surface area (Å²) in [5, 5.41) is 8.38. The molecule has 1 aromatic heterocycles. The van der Waals surface area contributed by atoms with Gasteiger partial charge < -0.3 is 24.2 Å². The van der Waals surface area contributed by atoms with Crippen LogP contribution >= 0.6 is 12.2 Å². The normalized spacial score (nSPS) is 16.3. The van der Waals surface area contributed by atoms with Gasteiger partial charge in [0.25, 0.3) is 5.89 Å². The molecule has 1 N–H and O–H groups in total. The number of benzene rings is 2. The van der Waals surface area contributed by atoms with E-state index in [2.05, 4.69) is 27.5 Å². The highest BCUT2D eigenvalue weighted by atomic mass is 32.1. The third-order valence-electron chi connectivity index (χ3n) is 5.46. The Labute approximate surface area is 193 Å². The van der Waals surface area contributed by atoms with E-state index in [0.29, 0.717) is 23.4 Å². The van der Waals surface area contributed by atoms with E-state index in [9.17, 15) is 0 Å². The second kappa shape index (κ2) is 9.93. The van der Waals surface area contributed by atoms with Crippen molar-refractivity contribution in [1.29, 1.82) is 0 Å². The molecule has 0 bridgehead atoms. The second-order valence-corrected chi connectivity index (χ2v) is 7.83. The number of allylic oxidation sites excluding steroid dienone is 1. The molecule has 1 unspecified atom stereocenters. The fraction of sp³-hybridized carbons (Fsp3) is 0.292. The van der Waals surface area contributed by atoms with Gasteiger partial charge >= 0.3 is 0 Å². The number of methoxy groups -OCH3 is 2. The van der Waals surface area contributed by atoms with Crippen LogP contribution in [0.4, 0.5) is 0 Å². The lowest BCUT2D eigenvalue weighted by atomic mass is 9.95. The SMILES string of the molecule is COCCCN1C(=S)NC(c2ccccc2)C(c2nc(-c3ccc(OC)cc3)no2)=C1C. The predicted molar refractivity (Wildman–Crippen MR) is 127 cm³/mol. The van der Waals surface area contributed by atoms with E-state index < -0.39 is 0 Å². The molecule has 2 heterocycles. The molecule has 0 radical (unpaired) electrons. The van der Waals surface area contributed by atoms with E-state index in [1.165, 1.54) is 0 Å². The topological polar surface area (TPSA) is 72.7 Å². The number of hydrogen-bond acceptors (Lipinski definition) is 6. The summed E-state index contributed by atoms with van der Waals surface area (Å²) < 4.78 is 16.2. The fourth-order valence-corrected chi connectivity index (χ4v) is 4.13. The minimum Gasteiger partial charge on any atom is -0.497 e. The van der Waals surface area contributed by atoms with Crippen molar-refractivity contribution in [3.05, 3.63) is 71.7 Å². The number of nitrogens with one attached hydrogen (secondary N) is 1. The number of aromatic nitrogens is 2. The van der Waals surface area contributed by atoms with Gasteiger partial charge in [-0.3, -0.25) is 0 Å². The molecular weight excluding hydrogens is 424 g/mol. The molecule has 0 spiro atoms. The lowest BCUT2D eigenvalue weighted by Gasteiger charge is -2.37. The Bertz CT molecular complexity index is 1100. The van der Waals surface area contributed by atoms with Crippen molar-refractivity contribution in [2.24, 2.45) is 0 Å². The molecule has 7 nitrogen and oxygen atoms in total. The van der Waals surface area contributed by atoms with Crippen molar-refractivity contribution < 1.29 is 14.0 Å². The van der Waals surface area contributed by atoms with Gasteiger partial charge in [-0.25, -0.2) is 0 Å². The van der Waals surface area contributed by atoms with Crippen LogP contribution in [0.2, 0.25) is 0 Å². The first-order chi connectivity index (χ1) is 15.6. The lowest BCUT2D eigenvalue weighted by Crippen LogP contribution is -2.46. The van der Waals surface area contributed by atoms with E-state index >= 15 is 0 Å². The van der Waals surface area contributed by atoms with Crippen LogP contribution in [0.1, 0.15) is 30.8 Å². The largest absolute Gasteiger partial charge is 0.497 e. The number of hydrogen-bond donors (Lipinski definition) is 1. The first-order valence-electron chi connectivity index (χ1n) is 10.4. The highest BCUT2D eigenvalue weighted by Gasteiger charge is 2.33. The minimum absolute atomic E-state index is 0.188. The van der Waals surface area contributed by atoms with Gasteiger partial charge in [-0.2, -0.15) is 4.98 Å². The molecule has 1 aliphatic heterocycles. The van der Waals surface area contributed by atoms with Crippen molar-refractivity contribution in [2.45, 2.75) is 19.4 Å². The lowest BCUT2D eigenvalue weighted by molar-refractivity contribution is 0.188. The number of nitrogens with zero attached hydrogens (tertiary/aromatic N) is 3. The Balaban J connectivity index is 1.74. The molecule has 0 amide bonds. The summed E-state index contributed by atoms with van der Waals surface area (Å²) in [5.74, 6) is 1.76. The van der Waals surface area contributed by atoms with Crippen molar-refractivity contribution in [3.63, 3.8) is 0 Å².